The van der Waals surface area contributed by atoms with E-state index in [0.717, 1.165) is 0 Å². The first-order valence-electron chi connectivity index (χ1n) is 6.46. The van der Waals surface area contributed by atoms with Gasteiger partial charge in [0.2, 0.25) is 0 Å². The van der Waals surface area contributed by atoms with Crippen molar-refractivity contribution in [2.24, 2.45) is 0 Å². The summed E-state index contributed by atoms with van der Waals surface area (Å²) in [5, 5.41) is 16.6. The second-order valence-electron chi connectivity index (χ2n) is 5.11. The number of rotatable bonds is 9. The van der Waals surface area contributed by atoms with Crippen LogP contribution in [0.5, 0.6) is 0 Å². The number of aliphatic hydroxyl groups is 2. The maximum Gasteiger partial charge on any atom is 0.462 e. The second kappa shape index (κ2) is 8.01. The Balaban J connectivity index is 6.27. The summed E-state index contributed by atoms with van der Waals surface area (Å²) in [4.78, 5) is 0. The topological polar surface area (TPSA) is 58.9 Å². The molecule has 0 aliphatic heterocycles. The zero-order chi connectivity index (χ0) is 24.8. The lowest BCUT2D eigenvalue weighted by atomic mass is 10.2. The first-order valence-corrected chi connectivity index (χ1v) is 6.46. The van der Waals surface area contributed by atoms with Crippen LogP contribution in [0.1, 0.15) is 0 Å². The fraction of sp³-hybridized carbons (Fsp3) is 1.00. The molecule has 4 nitrogen and oxygen atoms in total. The molecule has 0 rings (SSSR count). The van der Waals surface area contributed by atoms with Crippen LogP contribution in [0, 0.1) is 0 Å². The summed E-state index contributed by atoms with van der Waals surface area (Å²) in [7, 11) is 0. The summed E-state index contributed by atoms with van der Waals surface area (Å²) in [5.74, 6) is -21.3. The summed E-state index contributed by atoms with van der Waals surface area (Å²) in [6.07, 6.45) is -39.5. The highest BCUT2D eigenvalue weighted by Gasteiger charge is 2.84. The van der Waals surface area contributed by atoms with E-state index in [-0.39, 0.29) is 0 Å². The summed E-state index contributed by atoms with van der Waals surface area (Å²) in [5.41, 5.74) is 0. The van der Waals surface area contributed by atoms with Gasteiger partial charge >= 0.3 is 42.3 Å². The van der Waals surface area contributed by atoms with Crippen LogP contribution in [-0.2, 0) is 9.47 Å². The standard InChI is InChI=1S/C10H6F16O4/c11-3(4(12,13)2(28)1-27)29-10(25,26)6(16,8(20,21)22)30-9(23,24)5(14,15)7(17,18)19/h2-3,27-28H,1H2. The number of hydrogen-bond acceptors (Lipinski definition) is 4. The minimum atomic E-state index is -7.78. The van der Waals surface area contributed by atoms with Crippen LogP contribution in [-0.4, -0.2) is 71.6 Å². The highest BCUT2D eigenvalue weighted by Crippen LogP contribution is 2.55. The van der Waals surface area contributed by atoms with E-state index >= 15 is 0 Å². The van der Waals surface area contributed by atoms with Crippen molar-refractivity contribution in [1.82, 2.24) is 0 Å². The molecular formula is C10H6F16O4. The molecule has 0 aromatic carbocycles. The van der Waals surface area contributed by atoms with Crippen molar-refractivity contribution in [3.8, 4) is 0 Å². The first kappa shape index (κ1) is 28.7. The van der Waals surface area contributed by atoms with E-state index in [9.17, 15) is 70.2 Å². The van der Waals surface area contributed by atoms with Gasteiger partial charge in [0, 0.05) is 0 Å². The molecule has 0 aliphatic rings. The molecule has 0 saturated heterocycles. The van der Waals surface area contributed by atoms with Gasteiger partial charge in [-0.05, 0) is 0 Å². The number of aliphatic hydroxyl groups excluding tert-OH is 2. The van der Waals surface area contributed by atoms with Crippen molar-refractivity contribution in [3.05, 3.63) is 0 Å². The van der Waals surface area contributed by atoms with E-state index in [1.165, 1.54) is 4.74 Å². The Kier molecular flexibility index (Phi) is 7.66. The summed E-state index contributed by atoms with van der Waals surface area (Å²) >= 11 is 0. The number of halogens is 16. The Morgan fingerprint density at radius 3 is 1.37 bits per heavy atom. The third-order valence-electron chi connectivity index (χ3n) is 2.90. The quantitative estimate of drug-likeness (QED) is 0.478. The van der Waals surface area contributed by atoms with E-state index in [2.05, 4.69) is 0 Å². The number of alkyl halides is 16. The summed E-state index contributed by atoms with van der Waals surface area (Å²) in [6.45, 7) is -2.19. The fourth-order valence-electron chi connectivity index (χ4n) is 1.25. The van der Waals surface area contributed by atoms with Gasteiger partial charge in [0.15, 0.2) is 0 Å². The first-order chi connectivity index (χ1) is 12.8. The van der Waals surface area contributed by atoms with Crippen molar-refractivity contribution in [2.45, 2.75) is 54.7 Å². The van der Waals surface area contributed by atoms with Crippen LogP contribution in [0.2, 0.25) is 0 Å². The molecule has 0 spiro atoms. The molecule has 3 atom stereocenters. The Bertz CT molecular complexity index is 586. The molecule has 0 amide bonds. The average Bonchev–Trinajstić information content (AvgIpc) is 2.50. The predicted molar refractivity (Wildman–Crippen MR) is 55.9 cm³/mol. The van der Waals surface area contributed by atoms with E-state index in [1.54, 1.807) is 0 Å². The minimum absolute atomic E-state index is 1.35. The molecule has 0 aliphatic carbocycles. The molecule has 0 bridgehead atoms. The van der Waals surface area contributed by atoms with Crippen molar-refractivity contribution in [1.29, 1.82) is 0 Å². The zero-order valence-electron chi connectivity index (χ0n) is 13.1. The van der Waals surface area contributed by atoms with Crippen molar-refractivity contribution >= 4 is 0 Å². The highest BCUT2D eigenvalue weighted by atomic mass is 19.4. The van der Waals surface area contributed by atoms with Gasteiger partial charge in [0.05, 0.1) is 6.61 Å². The van der Waals surface area contributed by atoms with Gasteiger partial charge < -0.3 is 10.2 Å². The van der Waals surface area contributed by atoms with Crippen molar-refractivity contribution < 1.29 is 89.9 Å². The molecule has 30 heavy (non-hydrogen) atoms. The van der Waals surface area contributed by atoms with Crippen LogP contribution in [0.3, 0.4) is 0 Å². The van der Waals surface area contributed by atoms with Gasteiger partial charge in [0.1, 0.15) is 6.10 Å². The third-order valence-corrected chi connectivity index (χ3v) is 2.90. The number of ether oxygens (including phenoxy) is 2. The third kappa shape index (κ3) is 4.96. The van der Waals surface area contributed by atoms with Crippen LogP contribution in [0.4, 0.5) is 70.2 Å². The number of hydrogen-bond donors (Lipinski definition) is 2. The van der Waals surface area contributed by atoms with Gasteiger partial charge in [-0.3, -0.25) is 9.47 Å². The maximum absolute atomic E-state index is 13.6. The molecule has 0 aromatic heterocycles. The largest absolute Gasteiger partial charge is 0.462 e. The SMILES string of the molecule is OCC(O)C(F)(F)C(F)OC(F)(F)C(F)(OC(F)(F)C(F)(F)C(F)(F)F)C(F)(F)F. The summed E-state index contributed by atoms with van der Waals surface area (Å²) < 4.78 is 206. The zero-order valence-corrected chi connectivity index (χ0v) is 13.1. The molecule has 20 heteroatoms. The second-order valence-corrected chi connectivity index (χ2v) is 5.11. The Morgan fingerprint density at radius 2 is 1.07 bits per heavy atom. The monoisotopic (exact) mass is 494 g/mol. The minimum Gasteiger partial charge on any atom is -0.393 e. The molecular weight excluding hydrogens is 488 g/mol. The van der Waals surface area contributed by atoms with E-state index < -0.39 is 61.3 Å². The maximum atomic E-state index is 13.6. The van der Waals surface area contributed by atoms with Gasteiger partial charge in [-0.15, -0.1) is 0 Å². The molecule has 2 N–H and O–H groups in total. The Labute approximate surface area is 152 Å². The Hall–Kier alpha value is -1.28. The van der Waals surface area contributed by atoms with Gasteiger partial charge in [0.25, 0.3) is 6.36 Å². The van der Waals surface area contributed by atoms with Crippen LogP contribution in [0.15, 0.2) is 0 Å². The normalized spacial score (nSPS) is 19.4. The average molecular weight is 494 g/mol. The smallest absolute Gasteiger partial charge is 0.393 e. The lowest BCUT2D eigenvalue weighted by Crippen LogP contribution is -2.66. The molecule has 0 fully saturated rings. The molecule has 0 radical (unpaired) electrons. The summed E-state index contributed by atoms with van der Waals surface area (Å²) in [6, 6.07) is 0. The van der Waals surface area contributed by atoms with Crippen molar-refractivity contribution in [3.63, 3.8) is 0 Å². The van der Waals surface area contributed by atoms with Gasteiger partial charge in [-0.2, -0.15) is 65.9 Å². The van der Waals surface area contributed by atoms with Crippen LogP contribution >= 0.6 is 0 Å². The van der Waals surface area contributed by atoms with E-state index in [0.29, 0.717) is 0 Å². The lowest BCUT2D eigenvalue weighted by Gasteiger charge is -2.39. The van der Waals surface area contributed by atoms with Crippen molar-refractivity contribution in [2.75, 3.05) is 6.61 Å². The molecule has 0 heterocycles. The van der Waals surface area contributed by atoms with Gasteiger partial charge in [-0.25, -0.2) is 4.39 Å². The Morgan fingerprint density at radius 1 is 0.667 bits per heavy atom. The van der Waals surface area contributed by atoms with E-state index in [1.807, 2.05) is 4.74 Å². The van der Waals surface area contributed by atoms with Crippen LogP contribution < -0.4 is 0 Å². The molecule has 182 valence electrons. The fourth-order valence-corrected chi connectivity index (χ4v) is 1.25. The highest BCUT2D eigenvalue weighted by molar-refractivity contribution is 4.94. The molecule has 3 unspecified atom stereocenters. The molecule has 0 saturated carbocycles. The molecule has 0 aromatic rings. The lowest BCUT2D eigenvalue weighted by molar-refractivity contribution is -0.542. The van der Waals surface area contributed by atoms with E-state index in [4.69, 9.17) is 10.2 Å². The van der Waals surface area contributed by atoms with Gasteiger partial charge in [-0.1, -0.05) is 0 Å². The van der Waals surface area contributed by atoms with Crippen LogP contribution in [0.25, 0.3) is 0 Å². The predicted octanol–water partition coefficient (Wildman–Crippen LogP) is 3.92.